The Morgan fingerprint density at radius 3 is 2.47 bits per heavy atom. The highest BCUT2D eigenvalue weighted by atomic mass is 16.4. The Balaban J connectivity index is 1.65. The summed E-state index contributed by atoms with van der Waals surface area (Å²) in [5.74, 6) is 0.153. The maximum absolute atomic E-state index is 11.9. The first kappa shape index (κ1) is 14.2. The molecule has 0 bridgehead atoms. The second kappa shape index (κ2) is 5.80. The monoisotopic (exact) mass is 268 g/mol. The molecular formula is C14H24N2O3. The van der Waals surface area contributed by atoms with Gasteiger partial charge in [-0.15, -0.1) is 0 Å². The van der Waals surface area contributed by atoms with Crippen molar-refractivity contribution in [2.24, 2.45) is 11.3 Å². The first-order valence-corrected chi connectivity index (χ1v) is 7.27. The Morgan fingerprint density at radius 1 is 1.32 bits per heavy atom. The van der Waals surface area contributed by atoms with E-state index in [-0.39, 0.29) is 6.03 Å². The standard InChI is InChI=1S/C14H24N2O3/c1-14(12(17)18)6-9-16(10-7-14)13(19)15-8-2-3-11-4-5-11/h11H,2-10H2,1H3,(H,15,19)(H,17,18). The maximum Gasteiger partial charge on any atom is 0.317 e. The lowest BCUT2D eigenvalue weighted by atomic mass is 9.80. The number of aliphatic carboxylic acids is 1. The van der Waals surface area contributed by atoms with Crippen LogP contribution < -0.4 is 5.32 Å². The molecule has 108 valence electrons. The van der Waals surface area contributed by atoms with Gasteiger partial charge >= 0.3 is 12.0 Å². The number of carboxylic acids is 1. The molecule has 0 unspecified atom stereocenters. The molecule has 2 rings (SSSR count). The zero-order valence-electron chi connectivity index (χ0n) is 11.7. The molecule has 0 atom stereocenters. The molecule has 2 N–H and O–H groups in total. The number of hydrogen-bond donors (Lipinski definition) is 2. The molecule has 5 nitrogen and oxygen atoms in total. The number of likely N-dealkylation sites (tertiary alicyclic amines) is 1. The van der Waals surface area contributed by atoms with Gasteiger partial charge in [-0.25, -0.2) is 4.79 Å². The van der Waals surface area contributed by atoms with E-state index in [2.05, 4.69) is 5.32 Å². The SMILES string of the molecule is CC1(C(=O)O)CCN(C(=O)NCCCC2CC2)CC1. The van der Waals surface area contributed by atoms with E-state index in [1.165, 1.54) is 19.3 Å². The van der Waals surface area contributed by atoms with Crippen molar-refractivity contribution in [3.63, 3.8) is 0 Å². The molecule has 0 aromatic heterocycles. The zero-order chi connectivity index (χ0) is 13.9. The fourth-order valence-electron chi connectivity index (χ4n) is 2.52. The highest BCUT2D eigenvalue weighted by Gasteiger charge is 2.37. The van der Waals surface area contributed by atoms with Crippen molar-refractivity contribution >= 4 is 12.0 Å². The minimum absolute atomic E-state index is 0.0387. The van der Waals surface area contributed by atoms with Gasteiger partial charge in [0.05, 0.1) is 5.41 Å². The molecule has 19 heavy (non-hydrogen) atoms. The Kier molecular flexibility index (Phi) is 4.32. The highest BCUT2D eigenvalue weighted by molar-refractivity contribution is 5.76. The Labute approximate surface area is 114 Å². The first-order valence-electron chi connectivity index (χ1n) is 7.27. The molecular weight excluding hydrogens is 244 g/mol. The lowest BCUT2D eigenvalue weighted by Crippen LogP contribution is -2.48. The average molecular weight is 268 g/mol. The van der Waals surface area contributed by atoms with Crippen molar-refractivity contribution in [1.29, 1.82) is 0 Å². The van der Waals surface area contributed by atoms with E-state index < -0.39 is 11.4 Å². The highest BCUT2D eigenvalue weighted by Crippen LogP contribution is 2.33. The molecule has 0 aromatic rings. The summed E-state index contributed by atoms with van der Waals surface area (Å²) in [5, 5.41) is 12.1. The number of rotatable bonds is 5. The summed E-state index contributed by atoms with van der Waals surface area (Å²) < 4.78 is 0. The minimum atomic E-state index is -0.753. The van der Waals surface area contributed by atoms with Gasteiger partial charge in [0.2, 0.25) is 0 Å². The molecule has 1 saturated carbocycles. The van der Waals surface area contributed by atoms with Crippen LogP contribution in [-0.4, -0.2) is 41.6 Å². The largest absolute Gasteiger partial charge is 0.481 e. The van der Waals surface area contributed by atoms with Gasteiger partial charge in [0.25, 0.3) is 0 Å². The van der Waals surface area contributed by atoms with Crippen molar-refractivity contribution in [2.45, 2.75) is 45.4 Å². The lowest BCUT2D eigenvalue weighted by molar-refractivity contribution is -0.150. The van der Waals surface area contributed by atoms with Crippen molar-refractivity contribution in [2.75, 3.05) is 19.6 Å². The van der Waals surface area contributed by atoms with E-state index >= 15 is 0 Å². The molecule has 2 aliphatic rings. The zero-order valence-corrected chi connectivity index (χ0v) is 11.7. The summed E-state index contributed by atoms with van der Waals surface area (Å²) in [7, 11) is 0. The molecule has 2 amide bonds. The van der Waals surface area contributed by atoms with Gasteiger partial charge in [0.1, 0.15) is 0 Å². The lowest BCUT2D eigenvalue weighted by Gasteiger charge is -2.36. The third-order valence-corrected chi connectivity index (χ3v) is 4.43. The second-order valence-electron chi connectivity index (χ2n) is 6.17. The van der Waals surface area contributed by atoms with Gasteiger partial charge in [-0.05, 0) is 38.5 Å². The molecule has 0 radical (unpaired) electrons. The Bertz CT molecular complexity index is 345. The number of carboxylic acid groups (broad SMARTS) is 1. The smallest absolute Gasteiger partial charge is 0.317 e. The Morgan fingerprint density at radius 2 is 1.95 bits per heavy atom. The number of carbonyl (C=O) groups excluding carboxylic acids is 1. The summed E-state index contributed by atoms with van der Waals surface area (Å²) in [6.07, 6.45) is 6.06. The van der Waals surface area contributed by atoms with E-state index in [4.69, 9.17) is 5.11 Å². The Hall–Kier alpha value is -1.26. The van der Waals surface area contributed by atoms with Crippen LogP contribution in [0.4, 0.5) is 4.79 Å². The number of urea groups is 1. The van der Waals surface area contributed by atoms with E-state index in [9.17, 15) is 9.59 Å². The minimum Gasteiger partial charge on any atom is -0.481 e. The number of nitrogens with one attached hydrogen (secondary N) is 1. The maximum atomic E-state index is 11.9. The number of hydrogen-bond acceptors (Lipinski definition) is 2. The molecule has 0 spiro atoms. The quantitative estimate of drug-likeness (QED) is 0.750. The first-order chi connectivity index (χ1) is 9.01. The molecule has 0 aromatic carbocycles. The van der Waals surface area contributed by atoms with Crippen LogP contribution in [0.25, 0.3) is 0 Å². The van der Waals surface area contributed by atoms with Crippen LogP contribution in [0.3, 0.4) is 0 Å². The van der Waals surface area contributed by atoms with Crippen LogP contribution in [-0.2, 0) is 4.79 Å². The molecule has 2 fully saturated rings. The van der Waals surface area contributed by atoms with Gasteiger partial charge < -0.3 is 15.3 Å². The van der Waals surface area contributed by atoms with Gasteiger partial charge in [-0.1, -0.05) is 12.8 Å². The van der Waals surface area contributed by atoms with E-state index in [1.54, 1.807) is 11.8 Å². The van der Waals surface area contributed by atoms with Crippen LogP contribution in [0.5, 0.6) is 0 Å². The topological polar surface area (TPSA) is 69.6 Å². The molecule has 1 saturated heterocycles. The average Bonchev–Trinajstić information content (AvgIpc) is 3.19. The summed E-state index contributed by atoms with van der Waals surface area (Å²) in [4.78, 5) is 24.8. The predicted molar refractivity (Wildman–Crippen MR) is 71.9 cm³/mol. The van der Waals surface area contributed by atoms with E-state index in [0.29, 0.717) is 25.9 Å². The van der Waals surface area contributed by atoms with Crippen molar-refractivity contribution in [3.05, 3.63) is 0 Å². The number of carbonyl (C=O) groups is 2. The van der Waals surface area contributed by atoms with Crippen LogP contribution >= 0.6 is 0 Å². The van der Waals surface area contributed by atoms with Gasteiger partial charge in [0.15, 0.2) is 0 Å². The third kappa shape index (κ3) is 3.85. The molecule has 5 heteroatoms. The predicted octanol–water partition coefficient (Wildman–Crippen LogP) is 2.07. The van der Waals surface area contributed by atoms with Crippen LogP contribution in [0.15, 0.2) is 0 Å². The summed E-state index contributed by atoms with van der Waals surface area (Å²) in [6.45, 7) is 3.58. The third-order valence-electron chi connectivity index (χ3n) is 4.43. The van der Waals surface area contributed by atoms with Crippen molar-refractivity contribution < 1.29 is 14.7 Å². The summed E-state index contributed by atoms with van der Waals surface area (Å²) >= 11 is 0. The fraction of sp³-hybridized carbons (Fsp3) is 0.857. The van der Waals surface area contributed by atoms with Crippen LogP contribution in [0.2, 0.25) is 0 Å². The number of piperidine rings is 1. The van der Waals surface area contributed by atoms with Crippen LogP contribution in [0, 0.1) is 11.3 Å². The van der Waals surface area contributed by atoms with Crippen molar-refractivity contribution in [1.82, 2.24) is 10.2 Å². The van der Waals surface area contributed by atoms with Gasteiger partial charge in [-0.3, -0.25) is 4.79 Å². The fourth-order valence-corrected chi connectivity index (χ4v) is 2.52. The number of nitrogens with zero attached hydrogens (tertiary/aromatic N) is 1. The van der Waals surface area contributed by atoms with Crippen LogP contribution in [0.1, 0.15) is 45.4 Å². The second-order valence-corrected chi connectivity index (χ2v) is 6.17. The van der Waals surface area contributed by atoms with Crippen molar-refractivity contribution in [3.8, 4) is 0 Å². The molecule has 1 aliphatic heterocycles. The summed E-state index contributed by atoms with van der Waals surface area (Å²) in [6, 6.07) is -0.0387. The molecule has 1 heterocycles. The van der Waals surface area contributed by atoms with Gasteiger partial charge in [-0.2, -0.15) is 0 Å². The number of amides is 2. The van der Waals surface area contributed by atoms with Gasteiger partial charge in [0, 0.05) is 19.6 Å². The normalized spacial score (nSPS) is 22.1. The van der Waals surface area contributed by atoms with E-state index in [1.807, 2.05) is 0 Å². The molecule has 1 aliphatic carbocycles. The van der Waals surface area contributed by atoms with E-state index in [0.717, 1.165) is 18.9 Å². The summed E-state index contributed by atoms with van der Waals surface area (Å²) in [5.41, 5.74) is -0.664.